The van der Waals surface area contributed by atoms with Crippen LogP contribution in [-0.2, 0) is 5.92 Å². The van der Waals surface area contributed by atoms with Crippen LogP contribution >= 0.6 is 15.9 Å². The molecule has 154 valence electrons. The largest absolute Gasteiger partial charge is 0.384 e. The fourth-order valence-electron chi connectivity index (χ4n) is 2.94. The van der Waals surface area contributed by atoms with Crippen molar-refractivity contribution in [2.24, 2.45) is 0 Å². The molecule has 29 heavy (non-hydrogen) atoms. The first kappa shape index (κ1) is 21.4. The van der Waals surface area contributed by atoms with Gasteiger partial charge in [0.05, 0.1) is 17.0 Å². The number of aromatic nitrogens is 3. The topological polar surface area (TPSA) is 70.9 Å². The predicted octanol–water partition coefficient (Wildman–Crippen LogP) is 5.27. The number of hydrogen-bond donors (Lipinski definition) is 2. The molecule has 5 nitrogen and oxygen atoms in total. The molecule has 1 atom stereocenters. The van der Waals surface area contributed by atoms with E-state index in [1.165, 1.54) is 12.1 Å². The average Bonchev–Trinajstić information content (AvgIpc) is 2.61. The van der Waals surface area contributed by atoms with Gasteiger partial charge in [0, 0.05) is 16.2 Å². The highest BCUT2D eigenvalue weighted by molar-refractivity contribution is 9.10. The fourth-order valence-corrected chi connectivity index (χ4v) is 3.28. The second kappa shape index (κ2) is 7.53. The van der Waals surface area contributed by atoms with Crippen LogP contribution in [-0.4, -0.2) is 25.7 Å². The Hall–Kier alpha value is -2.26. The van der Waals surface area contributed by atoms with Crippen molar-refractivity contribution in [3.05, 3.63) is 57.7 Å². The first-order valence-corrected chi connectivity index (χ1v) is 9.66. The van der Waals surface area contributed by atoms with Crippen LogP contribution in [0.15, 0.2) is 34.9 Å². The molecule has 0 bridgehead atoms. The van der Waals surface area contributed by atoms with Gasteiger partial charge in [0.15, 0.2) is 5.65 Å². The standard InChI is InChI=1S/C20H20BrF3N4O/c1-10(13-6-5-7-15(16(13)22)20(23,24)19(3,4)29)26-18-14-8-12(21)9-25-17(14)27-11(2)28-18/h5-10,29H,1-4H3,(H,25,26,27,28). The number of fused-ring (bicyclic) bond motifs is 1. The highest BCUT2D eigenvalue weighted by Crippen LogP contribution is 2.41. The molecule has 2 N–H and O–H groups in total. The molecule has 1 unspecified atom stereocenters. The minimum absolute atomic E-state index is 0.0267. The van der Waals surface area contributed by atoms with Crippen LogP contribution in [0.25, 0.3) is 11.0 Å². The molecule has 9 heteroatoms. The van der Waals surface area contributed by atoms with Crippen LogP contribution in [0.1, 0.15) is 43.8 Å². The Morgan fingerprint density at radius 3 is 2.55 bits per heavy atom. The van der Waals surface area contributed by atoms with Gasteiger partial charge in [0.2, 0.25) is 0 Å². The number of benzene rings is 1. The number of nitrogens with one attached hydrogen (secondary N) is 1. The summed E-state index contributed by atoms with van der Waals surface area (Å²) in [5.74, 6) is -3.97. The Balaban J connectivity index is 2.03. The number of halogens is 4. The number of alkyl halides is 2. The summed E-state index contributed by atoms with van der Waals surface area (Å²) in [5, 5.41) is 13.5. The normalized spacial score (nSPS) is 13.6. The molecule has 0 saturated heterocycles. The fraction of sp³-hybridized carbons (Fsp3) is 0.350. The number of aliphatic hydroxyl groups is 1. The third kappa shape index (κ3) is 4.06. The third-order valence-corrected chi connectivity index (χ3v) is 5.02. The monoisotopic (exact) mass is 468 g/mol. The second-order valence-electron chi connectivity index (χ2n) is 7.35. The van der Waals surface area contributed by atoms with Gasteiger partial charge in [-0.2, -0.15) is 8.78 Å². The molecular formula is C20H20BrF3N4O. The van der Waals surface area contributed by atoms with Crippen molar-refractivity contribution >= 4 is 32.8 Å². The van der Waals surface area contributed by atoms with Gasteiger partial charge in [-0.3, -0.25) is 0 Å². The molecule has 0 aliphatic rings. The summed E-state index contributed by atoms with van der Waals surface area (Å²) < 4.78 is 44.8. The predicted molar refractivity (Wildman–Crippen MR) is 108 cm³/mol. The summed E-state index contributed by atoms with van der Waals surface area (Å²) in [4.78, 5) is 12.9. The Morgan fingerprint density at radius 2 is 1.90 bits per heavy atom. The molecule has 1 aromatic carbocycles. The van der Waals surface area contributed by atoms with Crippen molar-refractivity contribution in [3.8, 4) is 0 Å². The molecule has 0 fully saturated rings. The van der Waals surface area contributed by atoms with E-state index in [9.17, 15) is 13.9 Å². The summed E-state index contributed by atoms with van der Waals surface area (Å²) in [6.07, 6.45) is 1.60. The van der Waals surface area contributed by atoms with Gasteiger partial charge in [0.1, 0.15) is 23.1 Å². The number of anilines is 1. The number of nitrogens with zero attached hydrogens (tertiary/aromatic N) is 3. The van der Waals surface area contributed by atoms with Crippen molar-refractivity contribution in [3.63, 3.8) is 0 Å². The maximum atomic E-state index is 15.0. The van der Waals surface area contributed by atoms with E-state index in [-0.39, 0.29) is 5.56 Å². The lowest BCUT2D eigenvalue weighted by Gasteiger charge is -2.30. The highest BCUT2D eigenvalue weighted by atomic mass is 79.9. The quantitative estimate of drug-likeness (QED) is 0.533. The van der Waals surface area contributed by atoms with Gasteiger partial charge in [-0.25, -0.2) is 19.3 Å². The zero-order valence-electron chi connectivity index (χ0n) is 16.3. The third-order valence-electron chi connectivity index (χ3n) is 4.58. The van der Waals surface area contributed by atoms with Gasteiger partial charge >= 0.3 is 5.92 Å². The molecule has 0 spiro atoms. The van der Waals surface area contributed by atoms with Crippen LogP contribution in [0.2, 0.25) is 0 Å². The number of rotatable bonds is 5. The lowest BCUT2D eigenvalue weighted by molar-refractivity contribution is -0.170. The number of pyridine rings is 1. The van der Waals surface area contributed by atoms with E-state index in [1.807, 2.05) is 0 Å². The Kier molecular flexibility index (Phi) is 5.57. The minimum atomic E-state index is -3.76. The zero-order valence-corrected chi connectivity index (χ0v) is 17.9. The number of aryl methyl sites for hydroxylation is 1. The van der Waals surface area contributed by atoms with E-state index in [1.54, 1.807) is 26.1 Å². The molecule has 2 heterocycles. The minimum Gasteiger partial charge on any atom is -0.384 e. The van der Waals surface area contributed by atoms with Crippen LogP contribution in [0.3, 0.4) is 0 Å². The molecule has 0 amide bonds. The molecule has 3 aromatic rings. The summed E-state index contributed by atoms with van der Waals surface area (Å²) in [5.41, 5.74) is -2.79. The number of hydrogen-bond acceptors (Lipinski definition) is 5. The Morgan fingerprint density at radius 1 is 1.21 bits per heavy atom. The summed E-state index contributed by atoms with van der Waals surface area (Å²) in [7, 11) is 0. The highest BCUT2D eigenvalue weighted by Gasteiger charge is 2.49. The maximum absolute atomic E-state index is 15.0. The van der Waals surface area contributed by atoms with Gasteiger partial charge in [-0.05, 0) is 55.8 Å². The van der Waals surface area contributed by atoms with E-state index >= 15 is 4.39 Å². The molecule has 0 saturated carbocycles. The molecule has 0 aliphatic carbocycles. The molecule has 0 aliphatic heterocycles. The Bertz CT molecular complexity index is 1070. The summed E-state index contributed by atoms with van der Waals surface area (Å²) in [6, 6.07) is 4.82. The summed E-state index contributed by atoms with van der Waals surface area (Å²) >= 11 is 3.34. The van der Waals surface area contributed by atoms with E-state index in [0.29, 0.717) is 27.1 Å². The van der Waals surface area contributed by atoms with Crippen molar-refractivity contribution in [2.75, 3.05) is 5.32 Å². The van der Waals surface area contributed by atoms with E-state index in [2.05, 4.69) is 36.2 Å². The van der Waals surface area contributed by atoms with E-state index in [4.69, 9.17) is 0 Å². The van der Waals surface area contributed by atoms with Crippen LogP contribution < -0.4 is 5.32 Å². The first-order valence-electron chi connectivity index (χ1n) is 8.87. The van der Waals surface area contributed by atoms with Crippen molar-refractivity contribution in [1.82, 2.24) is 15.0 Å². The van der Waals surface area contributed by atoms with Gasteiger partial charge in [0.25, 0.3) is 0 Å². The lowest BCUT2D eigenvalue weighted by Crippen LogP contribution is -2.41. The van der Waals surface area contributed by atoms with Gasteiger partial charge < -0.3 is 10.4 Å². The van der Waals surface area contributed by atoms with E-state index < -0.39 is 28.9 Å². The van der Waals surface area contributed by atoms with Crippen LogP contribution in [0.5, 0.6) is 0 Å². The zero-order chi connectivity index (χ0) is 21.6. The van der Waals surface area contributed by atoms with Crippen molar-refractivity contribution in [2.45, 2.75) is 45.3 Å². The summed E-state index contributed by atoms with van der Waals surface area (Å²) in [6.45, 7) is 5.23. The van der Waals surface area contributed by atoms with Crippen molar-refractivity contribution in [1.29, 1.82) is 0 Å². The SMILES string of the molecule is Cc1nc(NC(C)c2cccc(C(F)(F)C(C)(C)O)c2F)c2cc(Br)cnc2n1. The molecular weight excluding hydrogens is 449 g/mol. The smallest absolute Gasteiger partial charge is 0.303 e. The van der Waals surface area contributed by atoms with Crippen LogP contribution in [0.4, 0.5) is 19.0 Å². The maximum Gasteiger partial charge on any atom is 0.303 e. The average molecular weight is 469 g/mol. The van der Waals surface area contributed by atoms with E-state index in [0.717, 1.165) is 19.9 Å². The van der Waals surface area contributed by atoms with Crippen LogP contribution in [0, 0.1) is 12.7 Å². The lowest BCUT2D eigenvalue weighted by atomic mass is 9.91. The molecule has 2 aromatic heterocycles. The van der Waals surface area contributed by atoms with Gasteiger partial charge in [-0.15, -0.1) is 0 Å². The first-order chi connectivity index (χ1) is 13.4. The Labute approximate surface area is 174 Å². The van der Waals surface area contributed by atoms with Gasteiger partial charge in [-0.1, -0.05) is 12.1 Å². The molecule has 0 radical (unpaired) electrons. The molecule has 3 rings (SSSR count). The van der Waals surface area contributed by atoms with Crippen molar-refractivity contribution < 1.29 is 18.3 Å². The second-order valence-corrected chi connectivity index (χ2v) is 8.27.